The Kier molecular flexibility index (Phi) is 6.36. The summed E-state index contributed by atoms with van der Waals surface area (Å²) in [5.74, 6) is -0.897. The third kappa shape index (κ3) is 5.24. The molecule has 1 aromatic carbocycles. The first-order valence-corrected chi connectivity index (χ1v) is 6.56. The van der Waals surface area contributed by atoms with Crippen LogP contribution in [0.1, 0.15) is 17.3 Å². The van der Waals surface area contributed by atoms with Crippen LogP contribution in [-0.4, -0.2) is 31.0 Å². The second-order valence-corrected chi connectivity index (χ2v) is 4.81. The molecule has 2 N–H and O–H groups in total. The number of rotatable bonds is 6. The van der Waals surface area contributed by atoms with Crippen LogP contribution in [0.15, 0.2) is 48.6 Å². The number of amides is 1. The molecule has 1 amide bonds. The number of nitrogens with zero attached hydrogens (tertiary/aromatic N) is 1. The fraction of sp³-hybridized carbons (Fsp3) is 0.250. The molecule has 21 heavy (non-hydrogen) atoms. The smallest absolute Gasteiger partial charge is 0.267 e. The zero-order valence-corrected chi connectivity index (χ0v) is 12.4. The van der Waals surface area contributed by atoms with Crippen molar-refractivity contribution in [1.29, 1.82) is 0 Å². The standard InChI is InChI=1S/C16H20N2O3/c1-12(6-4-5-7-15(19)17-21)16(20)13-8-10-14(11-9-13)18(2)3/h4-12,21H,1-3H3,(H,17,19)/t12-/m1/s1. The fourth-order valence-corrected chi connectivity index (χ4v) is 1.69. The minimum Gasteiger partial charge on any atom is -0.378 e. The van der Waals surface area contributed by atoms with Crippen LogP contribution in [0, 0.1) is 5.92 Å². The normalized spacial score (nSPS) is 12.6. The van der Waals surface area contributed by atoms with Gasteiger partial charge in [-0.15, -0.1) is 0 Å². The largest absolute Gasteiger partial charge is 0.378 e. The summed E-state index contributed by atoms with van der Waals surface area (Å²) in [5, 5.41) is 8.31. The quantitative estimate of drug-likeness (QED) is 0.277. The number of nitrogens with one attached hydrogen (secondary N) is 1. The zero-order valence-electron chi connectivity index (χ0n) is 12.4. The highest BCUT2D eigenvalue weighted by Crippen LogP contribution is 2.15. The molecule has 0 saturated carbocycles. The Balaban J connectivity index is 2.67. The Bertz CT molecular complexity index is 545. The minimum absolute atomic E-state index is 0.0107. The molecule has 1 aromatic rings. The molecule has 0 bridgehead atoms. The van der Waals surface area contributed by atoms with Gasteiger partial charge in [0.15, 0.2) is 5.78 Å². The number of anilines is 1. The summed E-state index contributed by atoms with van der Waals surface area (Å²) >= 11 is 0. The number of carbonyl (C=O) groups excluding carboxylic acids is 2. The van der Waals surface area contributed by atoms with E-state index in [1.54, 1.807) is 31.2 Å². The van der Waals surface area contributed by atoms with Gasteiger partial charge in [-0.3, -0.25) is 14.8 Å². The Morgan fingerprint density at radius 2 is 1.81 bits per heavy atom. The molecule has 5 nitrogen and oxygen atoms in total. The van der Waals surface area contributed by atoms with Gasteiger partial charge in [-0.1, -0.05) is 25.2 Å². The van der Waals surface area contributed by atoms with Gasteiger partial charge in [0.05, 0.1) is 0 Å². The summed E-state index contributed by atoms with van der Waals surface area (Å²) in [6.45, 7) is 1.79. The molecule has 0 heterocycles. The highest BCUT2D eigenvalue weighted by atomic mass is 16.5. The number of carbonyl (C=O) groups is 2. The molecule has 0 aliphatic carbocycles. The molecule has 0 radical (unpaired) electrons. The van der Waals surface area contributed by atoms with E-state index in [1.165, 1.54) is 17.6 Å². The maximum Gasteiger partial charge on any atom is 0.267 e. The zero-order chi connectivity index (χ0) is 15.8. The minimum atomic E-state index is -0.613. The summed E-state index contributed by atoms with van der Waals surface area (Å²) in [6, 6.07) is 7.40. The van der Waals surface area contributed by atoms with Gasteiger partial charge in [-0.25, -0.2) is 5.48 Å². The molecule has 112 valence electrons. The number of hydroxylamine groups is 1. The van der Waals surface area contributed by atoms with Gasteiger partial charge in [-0.2, -0.15) is 0 Å². The molecule has 1 atom stereocenters. The van der Waals surface area contributed by atoms with Gasteiger partial charge in [0.25, 0.3) is 5.91 Å². The molecular weight excluding hydrogens is 268 g/mol. The van der Waals surface area contributed by atoms with E-state index in [0.29, 0.717) is 5.56 Å². The fourth-order valence-electron chi connectivity index (χ4n) is 1.69. The topological polar surface area (TPSA) is 69.6 Å². The van der Waals surface area contributed by atoms with Crippen LogP contribution in [0.5, 0.6) is 0 Å². The van der Waals surface area contributed by atoms with E-state index in [-0.39, 0.29) is 11.7 Å². The third-order valence-electron chi connectivity index (χ3n) is 2.95. The first-order valence-electron chi connectivity index (χ1n) is 6.56. The number of benzene rings is 1. The number of allylic oxidation sites excluding steroid dienone is 3. The van der Waals surface area contributed by atoms with Crippen molar-refractivity contribution in [3.05, 3.63) is 54.1 Å². The predicted molar refractivity (Wildman–Crippen MR) is 82.5 cm³/mol. The van der Waals surface area contributed by atoms with Crippen LogP contribution >= 0.6 is 0 Å². The summed E-state index contributed by atoms with van der Waals surface area (Å²) in [6.07, 6.45) is 5.93. The van der Waals surface area contributed by atoms with E-state index in [9.17, 15) is 9.59 Å². The van der Waals surface area contributed by atoms with Crippen molar-refractivity contribution in [2.75, 3.05) is 19.0 Å². The molecule has 0 aromatic heterocycles. The molecule has 1 rings (SSSR count). The monoisotopic (exact) mass is 288 g/mol. The molecule has 0 aliphatic heterocycles. The second-order valence-electron chi connectivity index (χ2n) is 4.81. The van der Waals surface area contributed by atoms with Crippen LogP contribution in [0.2, 0.25) is 0 Å². The van der Waals surface area contributed by atoms with Gasteiger partial charge in [0.1, 0.15) is 0 Å². The Hall–Kier alpha value is -2.40. The maximum absolute atomic E-state index is 12.2. The van der Waals surface area contributed by atoms with E-state index in [2.05, 4.69) is 0 Å². The maximum atomic E-state index is 12.2. The van der Waals surface area contributed by atoms with Gasteiger partial charge in [0.2, 0.25) is 0 Å². The highest BCUT2D eigenvalue weighted by Gasteiger charge is 2.12. The highest BCUT2D eigenvalue weighted by molar-refractivity contribution is 5.99. The molecular formula is C16H20N2O3. The number of ketones is 1. The molecule has 5 heteroatoms. The molecule has 0 fully saturated rings. The van der Waals surface area contributed by atoms with Gasteiger partial charge >= 0.3 is 0 Å². The SMILES string of the molecule is C[C@H](C=CC=CC(=O)NO)C(=O)c1ccc(N(C)C)cc1. The van der Waals surface area contributed by atoms with Gasteiger partial charge in [-0.05, 0) is 24.3 Å². The lowest BCUT2D eigenvalue weighted by molar-refractivity contribution is -0.124. The van der Waals surface area contributed by atoms with Crippen molar-refractivity contribution >= 4 is 17.4 Å². The summed E-state index contributed by atoms with van der Waals surface area (Å²) in [5.41, 5.74) is 3.17. The number of hydrogen-bond acceptors (Lipinski definition) is 4. The average molecular weight is 288 g/mol. The van der Waals surface area contributed by atoms with Crippen molar-refractivity contribution in [2.45, 2.75) is 6.92 Å². The van der Waals surface area contributed by atoms with E-state index in [4.69, 9.17) is 5.21 Å². The van der Waals surface area contributed by atoms with E-state index in [1.807, 2.05) is 31.1 Å². The average Bonchev–Trinajstić information content (AvgIpc) is 2.50. The van der Waals surface area contributed by atoms with E-state index >= 15 is 0 Å². The third-order valence-corrected chi connectivity index (χ3v) is 2.95. The Morgan fingerprint density at radius 1 is 1.19 bits per heavy atom. The van der Waals surface area contributed by atoms with Gasteiger partial charge in [0, 0.05) is 37.3 Å². The lowest BCUT2D eigenvalue weighted by atomic mass is 9.98. The lowest BCUT2D eigenvalue weighted by Gasteiger charge is -2.13. The molecule has 0 spiro atoms. The molecule has 0 unspecified atom stereocenters. The van der Waals surface area contributed by atoms with Crippen LogP contribution in [0.3, 0.4) is 0 Å². The van der Waals surface area contributed by atoms with Crippen molar-refractivity contribution in [3.8, 4) is 0 Å². The van der Waals surface area contributed by atoms with Crippen LogP contribution in [-0.2, 0) is 4.79 Å². The van der Waals surface area contributed by atoms with E-state index < -0.39 is 5.91 Å². The van der Waals surface area contributed by atoms with Crippen LogP contribution < -0.4 is 10.4 Å². The van der Waals surface area contributed by atoms with Crippen molar-refractivity contribution in [2.24, 2.45) is 5.92 Å². The molecule has 0 aliphatic rings. The first-order chi connectivity index (χ1) is 9.95. The van der Waals surface area contributed by atoms with Gasteiger partial charge < -0.3 is 4.90 Å². The summed E-state index contributed by atoms with van der Waals surface area (Å²) < 4.78 is 0. The predicted octanol–water partition coefficient (Wildman–Crippen LogP) is 2.19. The van der Waals surface area contributed by atoms with Crippen molar-refractivity contribution in [3.63, 3.8) is 0 Å². The van der Waals surface area contributed by atoms with Crippen molar-refractivity contribution in [1.82, 2.24) is 5.48 Å². The summed E-state index contributed by atoms with van der Waals surface area (Å²) in [7, 11) is 3.88. The first kappa shape index (κ1) is 16.7. The Labute approximate surface area is 124 Å². The number of Topliss-reactive ketones (excluding diaryl/α,β-unsaturated/α-hetero) is 1. The van der Waals surface area contributed by atoms with Crippen LogP contribution in [0.25, 0.3) is 0 Å². The Morgan fingerprint density at radius 3 is 2.33 bits per heavy atom. The summed E-state index contributed by atoms with van der Waals surface area (Å²) in [4.78, 5) is 24.9. The lowest BCUT2D eigenvalue weighted by Crippen LogP contribution is -2.14. The van der Waals surface area contributed by atoms with Crippen LogP contribution in [0.4, 0.5) is 5.69 Å². The van der Waals surface area contributed by atoms with E-state index in [0.717, 1.165) is 5.69 Å². The number of hydrogen-bond donors (Lipinski definition) is 2. The molecule has 0 saturated heterocycles. The van der Waals surface area contributed by atoms with Crippen molar-refractivity contribution < 1.29 is 14.8 Å². The second kappa shape index (κ2) is 8.01.